The normalized spacial score (nSPS) is 11.3. The average Bonchev–Trinajstić information content (AvgIpc) is 2.72. The summed E-state index contributed by atoms with van der Waals surface area (Å²) in [6, 6.07) is 9.23. The Morgan fingerprint density at radius 3 is 2.57 bits per heavy atom. The third-order valence-electron chi connectivity index (χ3n) is 3.43. The van der Waals surface area contributed by atoms with Crippen molar-refractivity contribution in [3.63, 3.8) is 0 Å². The molecule has 8 heteroatoms. The zero-order valence-corrected chi connectivity index (χ0v) is 16.3. The summed E-state index contributed by atoms with van der Waals surface area (Å²) in [5.41, 5.74) is 0. The minimum atomic E-state index is -0.640. The van der Waals surface area contributed by atoms with Gasteiger partial charge in [0.05, 0.1) is 13.2 Å². The number of carbonyl (C=O) groups is 2. The van der Waals surface area contributed by atoms with Crippen LogP contribution in [0.25, 0.3) is 0 Å². The lowest BCUT2D eigenvalue weighted by Gasteiger charge is -2.19. The number of hydrogen-bond acceptors (Lipinski definition) is 7. The van der Waals surface area contributed by atoms with Gasteiger partial charge in [0, 0.05) is 26.4 Å². The fourth-order valence-electron chi connectivity index (χ4n) is 2.04. The van der Waals surface area contributed by atoms with E-state index in [-0.39, 0.29) is 26.4 Å². The Morgan fingerprint density at radius 2 is 1.86 bits per heavy atom. The standard InChI is InChI=1S/C20H29NO7/c1-3-19(22)26-14-11-21-20(23)28-18(15-25-13-8-7-12-24-2)16-27-17-9-5-4-6-10-17/h3-6,9-10,18H,1,7-8,11-16H2,2H3,(H,21,23). The van der Waals surface area contributed by atoms with Gasteiger partial charge in [0.25, 0.3) is 0 Å². The van der Waals surface area contributed by atoms with Gasteiger partial charge in [-0.1, -0.05) is 24.8 Å². The minimum Gasteiger partial charge on any atom is -0.490 e. The molecule has 0 aromatic heterocycles. The molecule has 8 nitrogen and oxygen atoms in total. The van der Waals surface area contributed by atoms with Gasteiger partial charge in [0.2, 0.25) is 0 Å². The van der Waals surface area contributed by atoms with Crippen LogP contribution in [-0.4, -0.2) is 64.9 Å². The van der Waals surface area contributed by atoms with Crippen LogP contribution in [0.5, 0.6) is 5.75 Å². The molecule has 0 fully saturated rings. The first kappa shape index (κ1) is 23.5. The molecule has 1 atom stereocenters. The molecule has 0 heterocycles. The van der Waals surface area contributed by atoms with Crippen molar-refractivity contribution in [2.24, 2.45) is 0 Å². The summed E-state index contributed by atoms with van der Waals surface area (Å²) in [6.07, 6.45) is 1.57. The van der Waals surface area contributed by atoms with E-state index in [1.807, 2.05) is 30.3 Å². The highest BCUT2D eigenvalue weighted by molar-refractivity contribution is 5.81. The highest BCUT2D eigenvalue weighted by Gasteiger charge is 2.16. The lowest BCUT2D eigenvalue weighted by atomic mass is 10.3. The summed E-state index contributed by atoms with van der Waals surface area (Å²) in [7, 11) is 1.66. The highest BCUT2D eigenvalue weighted by Crippen LogP contribution is 2.09. The van der Waals surface area contributed by atoms with Crippen LogP contribution in [0, 0.1) is 0 Å². The summed E-state index contributed by atoms with van der Waals surface area (Å²) >= 11 is 0. The molecule has 0 saturated carbocycles. The van der Waals surface area contributed by atoms with Crippen LogP contribution in [0.2, 0.25) is 0 Å². The Hall–Kier alpha value is -2.58. The van der Waals surface area contributed by atoms with E-state index in [1.165, 1.54) is 0 Å². The zero-order chi connectivity index (χ0) is 20.5. The molecule has 0 spiro atoms. The molecular formula is C20H29NO7. The number of carbonyl (C=O) groups excluding carboxylic acids is 2. The molecule has 0 radical (unpaired) electrons. The molecular weight excluding hydrogens is 366 g/mol. The second-order valence-corrected chi connectivity index (χ2v) is 5.72. The van der Waals surface area contributed by atoms with E-state index in [1.54, 1.807) is 7.11 Å². The Labute approximate surface area is 165 Å². The number of rotatable bonds is 15. The van der Waals surface area contributed by atoms with Gasteiger partial charge in [0.15, 0.2) is 6.10 Å². The monoisotopic (exact) mass is 395 g/mol. The fraction of sp³-hybridized carbons (Fsp3) is 0.500. The minimum absolute atomic E-state index is 0.0289. The number of ether oxygens (including phenoxy) is 5. The van der Waals surface area contributed by atoms with Gasteiger partial charge in [0.1, 0.15) is 19.0 Å². The van der Waals surface area contributed by atoms with Gasteiger partial charge in [-0.05, 0) is 25.0 Å². The molecule has 0 aliphatic rings. The molecule has 28 heavy (non-hydrogen) atoms. The number of methoxy groups -OCH3 is 1. The molecule has 1 N–H and O–H groups in total. The number of hydrogen-bond donors (Lipinski definition) is 1. The van der Waals surface area contributed by atoms with Crippen molar-refractivity contribution >= 4 is 12.1 Å². The number of esters is 1. The van der Waals surface area contributed by atoms with Gasteiger partial charge in [-0.15, -0.1) is 0 Å². The largest absolute Gasteiger partial charge is 0.490 e. The number of benzene rings is 1. The van der Waals surface area contributed by atoms with Crippen molar-refractivity contribution in [3.8, 4) is 5.75 Å². The molecule has 1 rings (SSSR count). The van der Waals surface area contributed by atoms with E-state index in [0.717, 1.165) is 18.9 Å². The van der Waals surface area contributed by atoms with E-state index in [2.05, 4.69) is 11.9 Å². The fourth-order valence-corrected chi connectivity index (χ4v) is 2.04. The van der Waals surface area contributed by atoms with Crippen LogP contribution in [0.3, 0.4) is 0 Å². The third kappa shape index (κ3) is 11.9. The van der Waals surface area contributed by atoms with Crippen LogP contribution in [-0.2, 0) is 23.7 Å². The number of para-hydroxylation sites is 1. The van der Waals surface area contributed by atoms with Crippen molar-refractivity contribution in [2.45, 2.75) is 18.9 Å². The first-order chi connectivity index (χ1) is 13.7. The van der Waals surface area contributed by atoms with Crippen LogP contribution in [0.1, 0.15) is 12.8 Å². The topological polar surface area (TPSA) is 92.3 Å². The van der Waals surface area contributed by atoms with Gasteiger partial charge >= 0.3 is 12.1 Å². The number of amides is 1. The first-order valence-corrected chi connectivity index (χ1v) is 9.14. The maximum absolute atomic E-state index is 11.9. The van der Waals surface area contributed by atoms with Crippen molar-refractivity contribution in [2.75, 3.05) is 46.7 Å². The second kappa shape index (κ2) is 15.5. The summed E-state index contributed by atoms with van der Waals surface area (Å²) in [4.78, 5) is 22.9. The van der Waals surface area contributed by atoms with E-state index in [4.69, 9.17) is 23.7 Å². The Balaban J connectivity index is 2.36. The lowest BCUT2D eigenvalue weighted by Crippen LogP contribution is -2.36. The Kier molecular flexibility index (Phi) is 13.0. The quantitative estimate of drug-likeness (QED) is 0.277. The second-order valence-electron chi connectivity index (χ2n) is 5.72. The molecule has 1 aromatic carbocycles. The predicted octanol–water partition coefficient (Wildman–Crippen LogP) is 2.33. The summed E-state index contributed by atoms with van der Waals surface area (Å²) in [5.74, 6) is 0.124. The van der Waals surface area contributed by atoms with Crippen molar-refractivity contribution in [1.29, 1.82) is 0 Å². The number of unbranched alkanes of at least 4 members (excludes halogenated alkanes) is 1. The predicted molar refractivity (Wildman–Crippen MR) is 103 cm³/mol. The molecule has 0 aliphatic carbocycles. The molecule has 0 bridgehead atoms. The molecule has 0 saturated heterocycles. The highest BCUT2D eigenvalue weighted by atomic mass is 16.6. The molecule has 156 valence electrons. The summed E-state index contributed by atoms with van der Waals surface area (Å²) < 4.78 is 26.3. The van der Waals surface area contributed by atoms with Crippen LogP contribution < -0.4 is 10.1 Å². The first-order valence-electron chi connectivity index (χ1n) is 9.14. The van der Waals surface area contributed by atoms with E-state index < -0.39 is 18.2 Å². The number of nitrogens with one attached hydrogen (secondary N) is 1. The Bertz CT molecular complexity index is 565. The van der Waals surface area contributed by atoms with Crippen LogP contribution in [0.15, 0.2) is 43.0 Å². The van der Waals surface area contributed by atoms with Gasteiger partial charge in [-0.2, -0.15) is 0 Å². The maximum atomic E-state index is 11.9. The van der Waals surface area contributed by atoms with Crippen LogP contribution >= 0.6 is 0 Å². The van der Waals surface area contributed by atoms with Crippen molar-refractivity contribution < 1.29 is 33.3 Å². The van der Waals surface area contributed by atoms with Crippen molar-refractivity contribution in [1.82, 2.24) is 5.32 Å². The molecule has 1 aromatic rings. The lowest BCUT2D eigenvalue weighted by molar-refractivity contribution is -0.137. The third-order valence-corrected chi connectivity index (χ3v) is 3.43. The smallest absolute Gasteiger partial charge is 0.407 e. The maximum Gasteiger partial charge on any atom is 0.407 e. The summed E-state index contributed by atoms with van der Waals surface area (Å²) in [5, 5.41) is 2.51. The zero-order valence-electron chi connectivity index (χ0n) is 16.3. The summed E-state index contributed by atoms with van der Waals surface area (Å²) in [6.45, 7) is 5.02. The average molecular weight is 395 g/mol. The van der Waals surface area contributed by atoms with E-state index in [0.29, 0.717) is 19.0 Å². The number of alkyl carbamates (subject to hydrolysis) is 1. The molecule has 0 aliphatic heterocycles. The van der Waals surface area contributed by atoms with Crippen LogP contribution in [0.4, 0.5) is 4.79 Å². The van der Waals surface area contributed by atoms with Gasteiger partial charge in [-0.3, -0.25) is 0 Å². The van der Waals surface area contributed by atoms with E-state index >= 15 is 0 Å². The molecule has 1 unspecified atom stereocenters. The van der Waals surface area contributed by atoms with Gasteiger partial charge in [-0.25, -0.2) is 9.59 Å². The SMILES string of the molecule is C=CC(=O)OCCNC(=O)OC(COCCCCOC)COc1ccccc1. The van der Waals surface area contributed by atoms with Crippen molar-refractivity contribution in [3.05, 3.63) is 43.0 Å². The van der Waals surface area contributed by atoms with E-state index in [9.17, 15) is 9.59 Å². The van der Waals surface area contributed by atoms with Gasteiger partial charge < -0.3 is 29.0 Å². The Morgan fingerprint density at radius 1 is 1.11 bits per heavy atom. The molecule has 1 amide bonds.